The lowest BCUT2D eigenvalue weighted by molar-refractivity contribution is 0.0995. The molecule has 17 heavy (non-hydrogen) atoms. The van der Waals surface area contributed by atoms with Crippen molar-refractivity contribution in [1.29, 1.82) is 0 Å². The summed E-state index contributed by atoms with van der Waals surface area (Å²) in [4.78, 5) is 17.6. The Morgan fingerprint density at radius 3 is 2.71 bits per heavy atom. The first-order chi connectivity index (χ1) is 7.92. The standard InChI is InChI=1S/C12H18N4O/c1-12(2)6-3-7-16(12)11-8(13)4-5-9(15-11)10(14)17/h4-5H,3,6-7,13H2,1-2H3,(H2,14,17). The molecule has 1 aromatic rings. The summed E-state index contributed by atoms with van der Waals surface area (Å²) in [5.41, 5.74) is 12.0. The molecule has 1 aromatic heterocycles. The van der Waals surface area contributed by atoms with Crippen LogP contribution in [0.15, 0.2) is 12.1 Å². The van der Waals surface area contributed by atoms with E-state index in [4.69, 9.17) is 11.5 Å². The van der Waals surface area contributed by atoms with E-state index in [0.29, 0.717) is 11.5 Å². The van der Waals surface area contributed by atoms with Gasteiger partial charge in [0.05, 0.1) is 5.69 Å². The maximum absolute atomic E-state index is 11.1. The fourth-order valence-electron chi connectivity index (χ4n) is 2.31. The van der Waals surface area contributed by atoms with Crippen LogP contribution in [-0.2, 0) is 0 Å². The van der Waals surface area contributed by atoms with Gasteiger partial charge < -0.3 is 16.4 Å². The number of aromatic nitrogens is 1. The highest BCUT2D eigenvalue weighted by Gasteiger charge is 2.34. The number of anilines is 2. The van der Waals surface area contributed by atoms with Crippen LogP contribution in [0.2, 0.25) is 0 Å². The van der Waals surface area contributed by atoms with Crippen molar-refractivity contribution in [2.75, 3.05) is 17.2 Å². The Morgan fingerprint density at radius 2 is 2.18 bits per heavy atom. The van der Waals surface area contributed by atoms with Gasteiger partial charge in [0.1, 0.15) is 5.69 Å². The van der Waals surface area contributed by atoms with E-state index in [2.05, 4.69) is 23.7 Å². The second kappa shape index (κ2) is 3.91. The predicted molar refractivity (Wildman–Crippen MR) is 67.8 cm³/mol. The van der Waals surface area contributed by atoms with Gasteiger partial charge in [-0.3, -0.25) is 4.79 Å². The lowest BCUT2D eigenvalue weighted by atomic mass is 10.0. The molecule has 1 fully saturated rings. The van der Waals surface area contributed by atoms with Gasteiger partial charge in [-0.05, 0) is 38.8 Å². The summed E-state index contributed by atoms with van der Waals surface area (Å²) in [7, 11) is 0. The third-order valence-corrected chi connectivity index (χ3v) is 3.31. The lowest BCUT2D eigenvalue weighted by Gasteiger charge is -2.33. The minimum atomic E-state index is -0.525. The van der Waals surface area contributed by atoms with Gasteiger partial charge in [0.2, 0.25) is 0 Å². The Bertz CT molecular complexity index is 456. The van der Waals surface area contributed by atoms with E-state index in [9.17, 15) is 4.79 Å². The van der Waals surface area contributed by atoms with Crippen LogP contribution in [0.25, 0.3) is 0 Å². The Hall–Kier alpha value is -1.78. The van der Waals surface area contributed by atoms with Gasteiger partial charge in [0, 0.05) is 12.1 Å². The maximum Gasteiger partial charge on any atom is 0.267 e. The Kier molecular flexibility index (Phi) is 2.69. The highest BCUT2D eigenvalue weighted by Crippen LogP contribution is 2.35. The van der Waals surface area contributed by atoms with Crippen LogP contribution in [-0.4, -0.2) is 23.0 Å². The number of pyridine rings is 1. The van der Waals surface area contributed by atoms with Crippen molar-refractivity contribution in [2.24, 2.45) is 5.73 Å². The number of nitrogen functional groups attached to an aromatic ring is 1. The predicted octanol–water partition coefficient (Wildman–Crippen LogP) is 1.14. The van der Waals surface area contributed by atoms with Crippen molar-refractivity contribution >= 4 is 17.4 Å². The molecule has 1 saturated heterocycles. The Morgan fingerprint density at radius 1 is 1.47 bits per heavy atom. The van der Waals surface area contributed by atoms with E-state index in [1.807, 2.05) is 0 Å². The Balaban J connectivity index is 2.44. The molecule has 0 unspecified atom stereocenters. The molecular weight excluding hydrogens is 216 g/mol. The molecule has 2 rings (SSSR count). The average molecular weight is 234 g/mol. The van der Waals surface area contributed by atoms with Crippen LogP contribution >= 0.6 is 0 Å². The van der Waals surface area contributed by atoms with Crippen molar-refractivity contribution < 1.29 is 4.79 Å². The molecular formula is C12H18N4O. The number of carbonyl (C=O) groups excluding carboxylic acids is 1. The highest BCUT2D eigenvalue weighted by molar-refractivity contribution is 5.92. The fourth-order valence-corrected chi connectivity index (χ4v) is 2.31. The molecule has 1 amide bonds. The molecule has 0 atom stereocenters. The third kappa shape index (κ3) is 2.05. The van der Waals surface area contributed by atoms with Crippen LogP contribution in [0, 0.1) is 0 Å². The van der Waals surface area contributed by atoms with Crippen molar-refractivity contribution in [1.82, 2.24) is 4.98 Å². The van der Waals surface area contributed by atoms with Crippen molar-refractivity contribution in [2.45, 2.75) is 32.2 Å². The molecule has 1 aliphatic rings. The van der Waals surface area contributed by atoms with Crippen molar-refractivity contribution in [3.63, 3.8) is 0 Å². The zero-order chi connectivity index (χ0) is 12.6. The normalized spacial score (nSPS) is 18.4. The van der Waals surface area contributed by atoms with E-state index in [1.165, 1.54) is 0 Å². The summed E-state index contributed by atoms with van der Waals surface area (Å²) in [6.07, 6.45) is 2.20. The fraction of sp³-hybridized carbons (Fsp3) is 0.500. The van der Waals surface area contributed by atoms with Gasteiger partial charge in [-0.15, -0.1) is 0 Å². The number of rotatable bonds is 2. The van der Waals surface area contributed by atoms with Crippen LogP contribution in [0.3, 0.4) is 0 Å². The molecule has 0 aromatic carbocycles. The molecule has 0 aliphatic carbocycles. The monoisotopic (exact) mass is 234 g/mol. The number of nitrogens with zero attached hydrogens (tertiary/aromatic N) is 2. The first-order valence-corrected chi connectivity index (χ1v) is 5.76. The van der Waals surface area contributed by atoms with Gasteiger partial charge in [-0.25, -0.2) is 4.98 Å². The second-order valence-corrected chi connectivity index (χ2v) is 5.04. The smallest absolute Gasteiger partial charge is 0.267 e. The summed E-state index contributed by atoms with van der Waals surface area (Å²) in [5.74, 6) is 0.145. The zero-order valence-corrected chi connectivity index (χ0v) is 10.2. The first kappa shape index (κ1) is 11.7. The Labute approximate surface area is 101 Å². The van der Waals surface area contributed by atoms with Crippen molar-refractivity contribution in [3.05, 3.63) is 17.8 Å². The van der Waals surface area contributed by atoms with Crippen molar-refractivity contribution in [3.8, 4) is 0 Å². The summed E-state index contributed by atoms with van der Waals surface area (Å²) in [6.45, 7) is 5.21. The van der Waals surface area contributed by atoms with E-state index >= 15 is 0 Å². The average Bonchev–Trinajstić information content (AvgIpc) is 2.58. The van der Waals surface area contributed by atoms with E-state index < -0.39 is 5.91 Å². The molecule has 0 radical (unpaired) electrons. The third-order valence-electron chi connectivity index (χ3n) is 3.31. The van der Waals surface area contributed by atoms with Crippen LogP contribution in [0.4, 0.5) is 11.5 Å². The maximum atomic E-state index is 11.1. The highest BCUT2D eigenvalue weighted by atomic mass is 16.1. The minimum absolute atomic E-state index is 0.0252. The summed E-state index contributed by atoms with van der Waals surface area (Å²) in [5, 5.41) is 0. The summed E-state index contributed by atoms with van der Waals surface area (Å²) >= 11 is 0. The quantitative estimate of drug-likeness (QED) is 0.803. The lowest BCUT2D eigenvalue weighted by Crippen LogP contribution is -2.39. The molecule has 5 nitrogen and oxygen atoms in total. The van der Waals surface area contributed by atoms with E-state index in [1.54, 1.807) is 12.1 Å². The summed E-state index contributed by atoms with van der Waals surface area (Å²) in [6, 6.07) is 3.25. The molecule has 2 heterocycles. The summed E-state index contributed by atoms with van der Waals surface area (Å²) < 4.78 is 0. The van der Waals surface area contributed by atoms with Gasteiger partial charge in [0.15, 0.2) is 5.82 Å². The number of hydrogen-bond donors (Lipinski definition) is 2. The SMILES string of the molecule is CC1(C)CCCN1c1nc(C(N)=O)ccc1N. The van der Waals surface area contributed by atoms with Crippen LogP contribution < -0.4 is 16.4 Å². The van der Waals surface area contributed by atoms with Gasteiger partial charge in [-0.2, -0.15) is 0 Å². The largest absolute Gasteiger partial charge is 0.396 e. The van der Waals surface area contributed by atoms with E-state index in [-0.39, 0.29) is 11.2 Å². The van der Waals surface area contributed by atoms with Crippen LogP contribution in [0.1, 0.15) is 37.2 Å². The van der Waals surface area contributed by atoms with E-state index in [0.717, 1.165) is 19.4 Å². The van der Waals surface area contributed by atoms with Crippen LogP contribution in [0.5, 0.6) is 0 Å². The number of carbonyl (C=O) groups is 1. The number of hydrogen-bond acceptors (Lipinski definition) is 4. The topological polar surface area (TPSA) is 85.2 Å². The van der Waals surface area contributed by atoms with Gasteiger partial charge >= 0.3 is 0 Å². The number of primary amides is 1. The molecule has 1 aliphatic heterocycles. The zero-order valence-electron chi connectivity index (χ0n) is 10.2. The molecule has 4 N–H and O–H groups in total. The first-order valence-electron chi connectivity index (χ1n) is 5.76. The number of nitrogens with two attached hydrogens (primary N) is 2. The molecule has 0 spiro atoms. The molecule has 0 bridgehead atoms. The molecule has 0 saturated carbocycles. The van der Waals surface area contributed by atoms with Gasteiger partial charge in [0.25, 0.3) is 5.91 Å². The molecule has 92 valence electrons. The second-order valence-electron chi connectivity index (χ2n) is 5.04. The minimum Gasteiger partial charge on any atom is -0.396 e. The molecule has 5 heteroatoms. The number of amides is 1. The van der Waals surface area contributed by atoms with Gasteiger partial charge in [-0.1, -0.05) is 0 Å².